The molecule has 0 bridgehead atoms. The Morgan fingerprint density at radius 1 is 1.69 bits per heavy atom. The zero-order valence-corrected chi connectivity index (χ0v) is 8.72. The number of carbonyl (C=O) groups excluding carboxylic acids is 1. The van der Waals surface area contributed by atoms with Gasteiger partial charge >= 0.3 is 5.97 Å². The highest BCUT2D eigenvalue weighted by atomic mass is 35.5. The van der Waals surface area contributed by atoms with Crippen molar-refractivity contribution in [3.8, 4) is 0 Å². The van der Waals surface area contributed by atoms with Crippen LogP contribution in [0, 0.1) is 0 Å². The van der Waals surface area contributed by atoms with Gasteiger partial charge in [-0.15, -0.1) is 11.6 Å². The third kappa shape index (κ3) is 2.85. The zero-order valence-electron chi connectivity index (χ0n) is 7.96. The van der Waals surface area contributed by atoms with Crippen LogP contribution in [0.4, 0.5) is 0 Å². The van der Waals surface area contributed by atoms with Gasteiger partial charge in [-0.3, -0.25) is 9.69 Å². The molecular formula is C9H16ClNO2. The lowest BCUT2D eigenvalue weighted by molar-refractivity contribution is -0.145. The van der Waals surface area contributed by atoms with Gasteiger partial charge in [-0.1, -0.05) is 0 Å². The van der Waals surface area contributed by atoms with E-state index in [0.29, 0.717) is 5.88 Å². The number of halogens is 1. The van der Waals surface area contributed by atoms with Crippen LogP contribution in [0.15, 0.2) is 0 Å². The fourth-order valence-corrected chi connectivity index (χ4v) is 1.88. The molecule has 0 N–H and O–H groups in total. The van der Waals surface area contributed by atoms with E-state index in [2.05, 4.69) is 4.90 Å². The molecule has 3 nitrogen and oxygen atoms in total. The van der Waals surface area contributed by atoms with Crippen LogP contribution in [0.2, 0.25) is 0 Å². The molecule has 13 heavy (non-hydrogen) atoms. The molecule has 1 aliphatic heterocycles. The van der Waals surface area contributed by atoms with E-state index < -0.39 is 0 Å². The molecule has 1 saturated heterocycles. The first-order valence-corrected chi connectivity index (χ1v) is 5.21. The first-order chi connectivity index (χ1) is 6.29. The number of nitrogens with zero attached hydrogens (tertiary/aromatic N) is 1. The minimum atomic E-state index is -0.105. The lowest BCUT2D eigenvalue weighted by atomic mass is 10.2. The highest BCUT2D eigenvalue weighted by molar-refractivity contribution is 6.17. The van der Waals surface area contributed by atoms with E-state index in [4.69, 9.17) is 16.3 Å². The predicted octanol–water partition coefficient (Wildman–Crippen LogP) is 1.25. The zero-order chi connectivity index (χ0) is 9.68. The van der Waals surface area contributed by atoms with Gasteiger partial charge in [0.15, 0.2) is 0 Å². The number of likely N-dealkylation sites (tertiary alicyclic amines) is 1. The average Bonchev–Trinajstić information content (AvgIpc) is 2.61. The fraction of sp³-hybridized carbons (Fsp3) is 0.889. The second-order valence-electron chi connectivity index (χ2n) is 3.26. The van der Waals surface area contributed by atoms with Crippen LogP contribution < -0.4 is 0 Å². The largest absolute Gasteiger partial charge is 0.468 e. The third-order valence-electron chi connectivity index (χ3n) is 2.42. The van der Waals surface area contributed by atoms with E-state index in [-0.39, 0.29) is 12.0 Å². The van der Waals surface area contributed by atoms with E-state index in [1.807, 2.05) is 0 Å². The summed E-state index contributed by atoms with van der Waals surface area (Å²) in [7, 11) is 1.44. The molecule has 0 aliphatic carbocycles. The molecule has 1 heterocycles. The van der Waals surface area contributed by atoms with E-state index in [1.54, 1.807) is 0 Å². The van der Waals surface area contributed by atoms with E-state index >= 15 is 0 Å². The topological polar surface area (TPSA) is 29.5 Å². The van der Waals surface area contributed by atoms with Crippen LogP contribution in [0.25, 0.3) is 0 Å². The van der Waals surface area contributed by atoms with Crippen LogP contribution in [-0.4, -0.2) is 43.0 Å². The van der Waals surface area contributed by atoms with Crippen LogP contribution in [-0.2, 0) is 9.53 Å². The molecule has 0 spiro atoms. The van der Waals surface area contributed by atoms with E-state index in [0.717, 1.165) is 32.4 Å². The summed E-state index contributed by atoms with van der Waals surface area (Å²) in [5.74, 6) is 0.553. The molecule has 0 unspecified atom stereocenters. The van der Waals surface area contributed by atoms with Gasteiger partial charge < -0.3 is 4.74 Å². The molecule has 0 aromatic carbocycles. The van der Waals surface area contributed by atoms with Gasteiger partial charge in [0.25, 0.3) is 0 Å². The summed E-state index contributed by atoms with van der Waals surface area (Å²) in [6.07, 6.45) is 2.95. The second-order valence-corrected chi connectivity index (χ2v) is 3.64. The minimum absolute atomic E-state index is 0.0202. The predicted molar refractivity (Wildman–Crippen MR) is 51.9 cm³/mol. The molecular weight excluding hydrogens is 190 g/mol. The summed E-state index contributed by atoms with van der Waals surface area (Å²) in [4.78, 5) is 13.5. The highest BCUT2D eigenvalue weighted by Gasteiger charge is 2.30. The number of hydrogen-bond acceptors (Lipinski definition) is 3. The number of esters is 1. The molecule has 0 radical (unpaired) electrons. The molecule has 76 valence electrons. The maximum absolute atomic E-state index is 11.3. The summed E-state index contributed by atoms with van der Waals surface area (Å²) < 4.78 is 4.73. The number of rotatable bonds is 4. The standard InChI is InChI=1S/C9H16ClNO2/c1-13-9(12)8-4-2-6-11(8)7-3-5-10/h8H,2-7H2,1H3/t8-/m0/s1. The van der Waals surface area contributed by atoms with Crippen molar-refractivity contribution < 1.29 is 9.53 Å². The van der Waals surface area contributed by atoms with Crippen molar-refractivity contribution in [2.45, 2.75) is 25.3 Å². The van der Waals surface area contributed by atoms with Gasteiger partial charge in [-0.2, -0.15) is 0 Å². The summed E-state index contributed by atoms with van der Waals surface area (Å²) in [6, 6.07) is -0.0202. The lowest BCUT2D eigenvalue weighted by Gasteiger charge is -2.21. The van der Waals surface area contributed by atoms with Crippen LogP contribution in [0.5, 0.6) is 0 Å². The number of alkyl halides is 1. The molecule has 1 fully saturated rings. The summed E-state index contributed by atoms with van der Waals surface area (Å²) in [6.45, 7) is 1.90. The Morgan fingerprint density at radius 3 is 3.08 bits per heavy atom. The van der Waals surface area contributed by atoms with Crippen molar-refractivity contribution in [3.63, 3.8) is 0 Å². The van der Waals surface area contributed by atoms with Crippen molar-refractivity contribution in [1.29, 1.82) is 0 Å². The Morgan fingerprint density at radius 2 is 2.46 bits per heavy atom. The smallest absolute Gasteiger partial charge is 0.323 e. The Bertz CT molecular complexity index is 175. The molecule has 0 amide bonds. The Balaban J connectivity index is 2.39. The number of hydrogen-bond donors (Lipinski definition) is 0. The first-order valence-electron chi connectivity index (χ1n) is 4.67. The Hall–Kier alpha value is -0.280. The Kier molecular flexibility index (Phi) is 4.53. The van der Waals surface area contributed by atoms with Gasteiger partial charge in [0, 0.05) is 12.4 Å². The molecule has 0 saturated carbocycles. The normalized spacial score (nSPS) is 23.4. The maximum atomic E-state index is 11.3. The second kappa shape index (κ2) is 5.45. The van der Waals surface area contributed by atoms with Gasteiger partial charge in [-0.05, 0) is 25.8 Å². The molecule has 1 aliphatic rings. The van der Waals surface area contributed by atoms with Crippen molar-refractivity contribution >= 4 is 17.6 Å². The van der Waals surface area contributed by atoms with Crippen molar-refractivity contribution in [1.82, 2.24) is 4.90 Å². The Labute approximate surface area is 84.0 Å². The molecule has 4 heteroatoms. The lowest BCUT2D eigenvalue weighted by Crippen LogP contribution is -2.37. The third-order valence-corrected chi connectivity index (χ3v) is 2.68. The van der Waals surface area contributed by atoms with Crippen molar-refractivity contribution in [3.05, 3.63) is 0 Å². The van der Waals surface area contributed by atoms with Crippen LogP contribution >= 0.6 is 11.6 Å². The van der Waals surface area contributed by atoms with Gasteiger partial charge in [-0.25, -0.2) is 0 Å². The number of carbonyl (C=O) groups is 1. The molecule has 1 atom stereocenters. The molecule has 0 aromatic heterocycles. The van der Waals surface area contributed by atoms with Gasteiger partial charge in [0.1, 0.15) is 6.04 Å². The minimum Gasteiger partial charge on any atom is -0.468 e. The maximum Gasteiger partial charge on any atom is 0.323 e. The van der Waals surface area contributed by atoms with Crippen LogP contribution in [0.3, 0.4) is 0 Å². The number of methoxy groups -OCH3 is 1. The summed E-state index contributed by atoms with van der Waals surface area (Å²) in [5, 5.41) is 0. The fourth-order valence-electron chi connectivity index (χ4n) is 1.76. The summed E-state index contributed by atoms with van der Waals surface area (Å²) in [5.41, 5.74) is 0. The van der Waals surface area contributed by atoms with Crippen molar-refractivity contribution in [2.75, 3.05) is 26.1 Å². The molecule has 0 aromatic rings. The number of ether oxygens (including phenoxy) is 1. The highest BCUT2D eigenvalue weighted by Crippen LogP contribution is 2.18. The van der Waals surface area contributed by atoms with Crippen LogP contribution in [0.1, 0.15) is 19.3 Å². The van der Waals surface area contributed by atoms with Gasteiger partial charge in [0.05, 0.1) is 7.11 Å². The van der Waals surface area contributed by atoms with E-state index in [9.17, 15) is 4.79 Å². The summed E-state index contributed by atoms with van der Waals surface area (Å²) >= 11 is 5.60. The van der Waals surface area contributed by atoms with Gasteiger partial charge in [0.2, 0.25) is 0 Å². The monoisotopic (exact) mass is 205 g/mol. The first kappa shape index (κ1) is 10.8. The van der Waals surface area contributed by atoms with Crippen molar-refractivity contribution in [2.24, 2.45) is 0 Å². The molecule has 1 rings (SSSR count). The quantitative estimate of drug-likeness (QED) is 0.511. The van der Waals surface area contributed by atoms with E-state index in [1.165, 1.54) is 7.11 Å². The average molecular weight is 206 g/mol. The SMILES string of the molecule is COC(=O)[C@@H]1CCCN1CCCCl.